The van der Waals surface area contributed by atoms with E-state index in [1.165, 1.54) is 5.56 Å². The second-order valence-corrected chi connectivity index (χ2v) is 4.07. The molecular formula is C12H17N3O. The van der Waals surface area contributed by atoms with Gasteiger partial charge in [-0.1, -0.05) is 30.3 Å². The molecule has 0 spiro atoms. The highest BCUT2D eigenvalue weighted by molar-refractivity contribution is 5.76. The number of rotatable bonds is 3. The fraction of sp³-hybridized carbons (Fsp3) is 0.417. The Hall–Kier alpha value is -1.39. The molecule has 1 atom stereocenters. The van der Waals surface area contributed by atoms with Crippen molar-refractivity contribution < 1.29 is 4.79 Å². The van der Waals surface area contributed by atoms with E-state index in [1.54, 1.807) is 0 Å². The lowest BCUT2D eigenvalue weighted by atomic mass is 10.0. The Morgan fingerprint density at radius 3 is 2.88 bits per heavy atom. The van der Waals surface area contributed by atoms with Crippen LogP contribution < -0.4 is 11.1 Å². The maximum atomic E-state index is 11.0. The molecule has 16 heavy (non-hydrogen) atoms. The van der Waals surface area contributed by atoms with E-state index in [0.29, 0.717) is 6.54 Å². The van der Waals surface area contributed by atoms with Crippen molar-refractivity contribution in [2.75, 3.05) is 26.2 Å². The Balaban J connectivity index is 2.13. The number of nitrogens with zero attached hydrogens (tertiary/aromatic N) is 1. The van der Waals surface area contributed by atoms with Crippen molar-refractivity contribution in [1.29, 1.82) is 0 Å². The zero-order valence-corrected chi connectivity index (χ0v) is 9.23. The van der Waals surface area contributed by atoms with E-state index in [1.807, 2.05) is 18.2 Å². The van der Waals surface area contributed by atoms with E-state index in [-0.39, 0.29) is 11.9 Å². The molecule has 1 aromatic rings. The first-order chi connectivity index (χ1) is 7.77. The first-order valence-electron chi connectivity index (χ1n) is 5.55. The smallest absolute Gasteiger partial charge is 0.231 e. The molecule has 1 aromatic carbocycles. The third-order valence-corrected chi connectivity index (χ3v) is 2.90. The highest BCUT2D eigenvalue weighted by Gasteiger charge is 2.24. The molecule has 0 bridgehead atoms. The minimum atomic E-state index is -0.261. The Morgan fingerprint density at radius 2 is 2.19 bits per heavy atom. The molecule has 0 saturated carbocycles. The maximum absolute atomic E-state index is 11.0. The van der Waals surface area contributed by atoms with Gasteiger partial charge in [0, 0.05) is 25.7 Å². The number of nitrogens with two attached hydrogens (primary N) is 1. The summed E-state index contributed by atoms with van der Waals surface area (Å²) in [4.78, 5) is 13.1. The molecule has 0 aromatic heterocycles. The summed E-state index contributed by atoms with van der Waals surface area (Å²) in [6.07, 6.45) is 0. The number of carbonyl (C=O) groups is 1. The Labute approximate surface area is 95.4 Å². The maximum Gasteiger partial charge on any atom is 0.231 e. The van der Waals surface area contributed by atoms with Crippen LogP contribution in [0.5, 0.6) is 0 Å². The Kier molecular flexibility index (Phi) is 3.54. The zero-order chi connectivity index (χ0) is 11.4. The molecule has 0 aliphatic carbocycles. The molecule has 0 radical (unpaired) electrons. The predicted octanol–water partition coefficient (Wildman–Crippen LogP) is 0.118. The molecule has 4 heteroatoms. The Morgan fingerprint density at radius 1 is 1.44 bits per heavy atom. The van der Waals surface area contributed by atoms with Crippen LogP contribution in [-0.2, 0) is 4.79 Å². The molecule has 4 nitrogen and oxygen atoms in total. The normalized spacial score (nSPS) is 21.9. The Bertz CT molecular complexity index is 353. The van der Waals surface area contributed by atoms with Crippen LogP contribution in [0.4, 0.5) is 0 Å². The van der Waals surface area contributed by atoms with Gasteiger partial charge in [-0.3, -0.25) is 9.69 Å². The third kappa shape index (κ3) is 2.59. The van der Waals surface area contributed by atoms with Crippen molar-refractivity contribution in [3.05, 3.63) is 35.9 Å². The summed E-state index contributed by atoms with van der Waals surface area (Å²) in [5.74, 6) is -0.261. The highest BCUT2D eigenvalue weighted by Crippen LogP contribution is 2.21. The summed E-state index contributed by atoms with van der Waals surface area (Å²) in [5, 5.41) is 3.34. The summed E-state index contributed by atoms with van der Waals surface area (Å²) in [6.45, 7) is 2.98. The lowest BCUT2D eigenvalue weighted by Crippen LogP contribution is -2.48. The second kappa shape index (κ2) is 5.09. The number of nitrogens with one attached hydrogen (secondary N) is 1. The van der Waals surface area contributed by atoms with Gasteiger partial charge in [0.15, 0.2) is 0 Å². The van der Waals surface area contributed by atoms with E-state index < -0.39 is 0 Å². The highest BCUT2D eigenvalue weighted by atomic mass is 16.1. The van der Waals surface area contributed by atoms with Crippen LogP contribution in [0.1, 0.15) is 11.6 Å². The largest absolute Gasteiger partial charge is 0.369 e. The van der Waals surface area contributed by atoms with Gasteiger partial charge in [-0.05, 0) is 5.56 Å². The third-order valence-electron chi connectivity index (χ3n) is 2.90. The number of hydrogen-bond acceptors (Lipinski definition) is 3. The van der Waals surface area contributed by atoms with Gasteiger partial charge in [0.1, 0.15) is 0 Å². The van der Waals surface area contributed by atoms with E-state index >= 15 is 0 Å². The monoisotopic (exact) mass is 219 g/mol. The molecule has 3 N–H and O–H groups in total. The number of benzene rings is 1. The number of hydrogen-bond donors (Lipinski definition) is 2. The standard InChI is InChI=1S/C12H17N3O/c13-12(16)9-15-7-6-14-8-11(15)10-4-2-1-3-5-10/h1-5,11,14H,6-9H2,(H2,13,16). The molecule has 1 amide bonds. The van der Waals surface area contributed by atoms with E-state index in [9.17, 15) is 4.79 Å². The van der Waals surface area contributed by atoms with Crippen molar-refractivity contribution in [2.45, 2.75) is 6.04 Å². The zero-order valence-electron chi connectivity index (χ0n) is 9.23. The van der Waals surface area contributed by atoms with Crippen molar-refractivity contribution in [3.8, 4) is 0 Å². The van der Waals surface area contributed by atoms with Gasteiger partial charge in [0.25, 0.3) is 0 Å². The van der Waals surface area contributed by atoms with Gasteiger partial charge in [-0.15, -0.1) is 0 Å². The van der Waals surface area contributed by atoms with Crippen molar-refractivity contribution in [2.24, 2.45) is 5.73 Å². The average molecular weight is 219 g/mol. The number of primary amides is 1. The van der Waals surface area contributed by atoms with Gasteiger partial charge < -0.3 is 11.1 Å². The van der Waals surface area contributed by atoms with Crippen molar-refractivity contribution >= 4 is 5.91 Å². The van der Waals surface area contributed by atoms with Gasteiger partial charge in [0.05, 0.1) is 6.54 Å². The molecule has 1 fully saturated rings. The van der Waals surface area contributed by atoms with Crippen molar-refractivity contribution in [3.63, 3.8) is 0 Å². The predicted molar refractivity (Wildman–Crippen MR) is 62.8 cm³/mol. The SMILES string of the molecule is NC(=O)CN1CCNCC1c1ccccc1. The first-order valence-corrected chi connectivity index (χ1v) is 5.55. The second-order valence-electron chi connectivity index (χ2n) is 4.07. The van der Waals surface area contributed by atoms with Gasteiger partial charge in [0.2, 0.25) is 5.91 Å². The molecular weight excluding hydrogens is 202 g/mol. The molecule has 86 valence electrons. The summed E-state index contributed by atoms with van der Waals surface area (Å²) < 4.78 is 0. The van der Waals surface area contributed by atoms with E-state index in [4.69, 9.17) is 5.73 Å². The fourth-order valence-corrected chi connectivity index (χ4v) is 2.14. The average Bonchev–Trinajstić information content (AvgIpc) is 2.30. The minimum absolute atomic E-state index is 0.252. The number of amides is 1. The lowest BCUT2D eigenvalue weighted by molar-refractivity contribution is -0.119. The number of piperazine rings is 1. The van der Waals surface area contributed by atoms with Crippen LogP contribution in [0.3, 0.4) is 0 Å². The van der Waals surface area contributed by atoms with Crippen LogP contribution in [-0.4, -0.2) is 37.0 Å². The summed E-state index contributed by atoms with van der Waals surface area (Å²) in [6, 6.07) is 10.5. The van der Waals surface area contributed by atoms with Crippen LogP contribution in [0.15, 0.2) is 30.3 Å². The molecule has 1 aliphatic rings. The molecule has 1 unspecified atom stereocenters. The van der Waals surface area contributed by atoms with Crippen LogP contribution in [0, 0.1) is 0 Å². The van der Waals surface area contributed by atoms with Crippen molar-refractivity contribution in [1.82, 2.24) is 10.2 Å². The molecule has 2 rings (SSSR count). The summed E-state index contributed by atoms with van der Waals surface area (Å²) >= 11 is 0. The van der Waals surface area contributed by atoms with Gasteiger partial charge >= 0.3 is 0 Å². The lowest BCUT2D eigenvalue weighted by Gasteiger charge is -2.35. The molecule has 1 aliphatic heterocycles. The molecule has 1 saturated heterocycles. The van der Waals surface area contributed by atoms with Gasteiger partial charge in [-0.2, -0.15) is 0 Å². The summed E-state index contributed by atoms with van der Waals surface area (Å²) in [5.41, 5.74) is 6.49. The van der Waals surface area contributed by atoms with Gasteiger partial charge in [-0.25, -0.2) is 0 Å². The minimum Gasteiger partial charge on any atom is -0.369 e. The van der Waals surface area contributed by atoms with Crippen LogP contribution in [0.25, 0.3) is 0 Å². The summed E-state index contributed by atoms with van der Waals surface area (Å²) in [7, 11) is 0. The molecule has 1 heterocycles. The van der Waals surface area contributed by atoms with Crippen LogP contribution >= 0.6 is 0 Å². The fourth-order valence-electron chi connectivity index (χ4n) is 2.14. The van der Waals surface area contributed by atoms with E-state index in [0.717, 1.165) is 19.6 Å². The van der Waals surface area contributed by atoms with Crippen LogP contribution in [0.2, 0.25) is 0 Å². The quantitative estimate of drug-likeness (QED) is 0.759. The first kappa shape index (κ1) is 11.1. The number of carbonyl (C=O) groups excluding carboxylic acids is 1. The topological polar surface area (TPSA) is 58.4 Å². The van der Waals surface area contributed by atoms with E-state index in [2.05, 4.69) is 22.3 Å².